The second-order valence-electron chi connectivity index (χ2n) is 7.75. The fraction of sp³-hybridized carbons (Fsp3) is 0.812. The first-order valence-corrected chi connectivity index (χ1v) is 9.13. The summed E-state index contributed by atoms with van der Waals surface area (Å²) >= 11 is 3.87. The number of rotatable bonds is 3. The molecule has 0 spiro atoms. The van der Waals surface area contributed by atoms with Gasteiger partial charge in [0.25, 0.3) is 5.91 Å². The predicted molar refractivity (Wildman–Crippen MR) is 84.8 cm³/mol. The van der Waals surface area contributed by atoms with Gasteiger partial charge in [0, 0.05) is 17.4 Å². The highest BCUT2D eigenvalue weighted by atomic mass is 79.9. The summed E-state index contributed by atoms with van der Waals surface area (Å²) in [5, 5.41) is 2.57. The van der Waals surface area contributed by atoms with Crippen molar-refractivity contribution in [3.05, 3.63) is 0 Å². The van der Waals surface area contributed by atoms with Crippen molar-refractivity contribution >= 4 is 33.8 Å². The van der Waals surface area contributed by atoms with Gasteiger partial charge in [0.15, 0.2) is 6.61 Å². The minimum atomic E-state index is -0.438. The molecule has 0 radical (unpaired) electrons. The standard InChI is InChI=1S/C16H21BrN2O4/c17-16-6-10-3-11(7-16)5-15(4-10,9-16)13(21)23-8-12(20)19-2-1-18-14(19)22/h10-11H,1-9H2,(H,18,22)/t10-,11-,15?,16?/m0/s1. The summed E-state index contributed by atoms with van der Waals surface area (Å²) in [6.45, 7) is 0.464. The zero-order chi connectivity index (χ0) is 16.2. The number of imide groups is 1. The maximum Gasteiger partial charge on any atom is 0.324 e. The first-order chi connectivity index (χ1) is 10.9. The van der Waals surface area contributed by atoms with Crippen LogP contribution in [0.5, 0.6) is 0 Å². The number of nitrogens with zero attached hydrogens (tertiary/aromatic N) is 1. The molecule has 6 nitrogen and oxygen atoms in total. The Kier molecular flexibility index (Phi) is 3.48. The van der Waals surface area contributed by atoms with Crippen LogP contribution in [0.1, 0.15) is 38.5 Å². The molecule has 0 aromatic heterocycles. The summed E-state index contributed by atoms with van der Waals surface area (Å²) in [5.74, 6) is 0.487. The van der Waals surface area contributed by atoms with Crippen LogP contribution in [0.25, 0.3) is 0 Å². The van der Waals surface area contributed by atoms with Crippen molar-refractivity contribution in [2.75, 3.05) is 19.7 Å². The van der Waals surface area contributed by atoms with Crippen molar-refractivity contribution < 1.29 is 19.1 Å². The quantitative estimate of drug-likeness (QED) is 0.594. The van der Waals surface area contributed by atoms with E-state index in [0.29, 0.717) is 24.9 Å². The molecule has 1 heterocycles. The summed E-state index contributed by atoms with van der Waals surface area (Å²) < 4.78 is 5.44. The summed E-state index contributed by atoms with van der Waals surface area (Å²) in [6.07, 6.45) is 6.08. The van der Waals surface area contributed by atoms with E-state index in [-0.39, 0.29) is 16.9 Å². The summed E-state index contributed by atoms with van der Waals surface area (Å²) in [5.41, 5.74) is -0.429. The van der Waals surface area contributed by atoms with Crippen LogP contribution in [-0.4, -0.2) is 46.8 Å². The van der Waals surface area contributed by atoms with E-state index in [1.165, 1.54) is 6.42 Å². The lowest BCUT2D eigenvalue weighted by molar-refractivity contribution is -0.172. The van der Waals surface area contributed by atoms with E-state index in [9.17, 15) is 14.4 Å². The highest BCUT2D eigenvalue weighted by Crippen LogP contribution is 2.64. The van der Waals surface area contributed by atoms with Crippen molar-refractivity contribution in [1.29, 1.82) is 0 Å². The Morgan fingerprint density at radius 3 is 2.52 bits per heavy atom. The predicted octanol–water partition coefficient (Wildman–Crippen LogP) is 1.82. The molecule has 1 saturated heterocycles. The number of esters is 1. The number of carbonyl (C=O) groups excluding carboxylic acids is 3. The Bertz CT molecular complexity index is 564. The molecule has 7 heteroatoms. The fourth-order valence-electron chi connectivity index (χ4n) is 5.46. The smallest absolute Gasteiger partial charge is 0.324 e. The Morgan fingerprint density at radius 1 is 1.26 bits per heavy atom. The van der Waals surface area contributed by atoms with Gasteiger partial charge in [-0.15, -0.1) is 0 Å². The SMILES string of the molecule is O=C(COC(=O)C12C[C@@H]3C[C@H](CC(Br)(C3)C1)C2)N1CCNC1=O. The molecule has 5 fully saturated rings. The average Bonchev–Trinajstić information content (AvgIpc) is 2.88. The minimum Gasteiger partial charge on any atom is -0.455 e. The highest BCUT2D eigenvalue weighted by Gasteiger charge is 2.60. The fourth-order valence-corrected chi connectivity index (χ4v) is 6.91. The molecule has 5 aliphatic rings. The van der Waals surface area contributed by atoms with Gasteiger partial charge in [-0.3, -0.25) is 14.5 Å². The second kappa shape index (κ2) is 5.19. The maximum absolute atomic E-state index is 12.7. The summed E-state index contributed by atoms with van der Waals surface area (Å²) in [7, 11) is 0. The molecule has 4 bridgehead atoms. The number of hydrogen-bond acceptors (Lipinski definition) is 4. The van der Waals surface area contributed by atoms with Crippen LogP contribution in [0.4, 0.5) is 4.79 Å². The molecule has 1 N–H and O–H groups in total. The van der Waals surface area contributed by atoms with Crippen LogP contribution < -0.4 is 5.32 Å². The van der Waals surface area contributed by atoms with Crippen LogP contribution in [0.15, 0.2) is 0 Å². The zero-order valence-electron chi connectivity index (χ0n) is 13.0. The van der Waals surface area contributed by atoms with E-state index in [0.717, 1.165) is 37.0 Å². The maximum atomic E-state index is 12.7. The van der Waals surface area contributed by atoms with Gasteiger partial charge in [-0.25, -0.2) is 4.79 Å². The molecule has 0 aromatic carbocycles. The Morgan fingerprint density at radius 2 is 1.96 bits per heavy atom. The Labute approximate surface area is 143 Å². The van der Waals surface area contributed by atoms with Crippen LogP contribution in [0.2, 0.25) is 0 Å². The van der Waals surface area contributed by atoms with E-state index >= 15 is 0 Å². The molecule has 23 heavy (non-hydrogen) atoms. The molecule has 126 valence electrons. The summed E-state index contributed by atoms with van der Waals surface area (Å²) in [4.78, 5) is 37.3. The first-order valence-electron chi connectivity index (χ1n) is 8.34. The first kappa shape index (κ1) is 15.4. The third kappa shape index (κ3) is 2.57. The van der Waals surface area contributed by atoms with Crippen molar-refractivity contribution in [2.24, 2.45) is 17.3 Å². The number of hydrogen-bond donors (Lipinski definition) is 1. The van der Waals surface area contributed by atoms with Crippen LogP contribution >= 0.6 is 15.9 Å². The van der Waals surface area contributed by atoms with Gasteiger partial charge in [0.2, 0.25) is 0 Å². The number of alkyl halides is 1. The van der Waals surface area contributed by atoms with E-state index in [4.69, 9.17) is 4.74 Å². The topological polar surface area (TPSA) is 75.7 Å². The van der Waals surface area contributed by atoms with E-state index in [1.807, 2.05) is 0 Å². The van der Waals surface area contributed by atoms with Crippen LogP contribution in [0.3, 0.4) is 0 Å². The van der Waals surface area contributed by atoms with Crippen LogP contribution in [-0.2, 0) is 14.3 Å². The molecule has 0 unspecified atom stereocenters. The zero-order valence-corrected chi connectivity index (χ0v) is 14.6. The highest BCUT2D eigenvalue weighted by molar-refractivity contribution is 9.10. The van der Waals surface area contributed by atoms with Crippen molar-refractivity contribution in [2.45, 2.75) is 42.8 Å². The minimum absolute atomic E-state index is 0.0783. The molecule has 5 rings (SSSR count). The molecule has 4 saturated carbocycles. The van der Waals surface area contributed by atoms with E-state index in [1.54, 1.807) is 0 Å². The molecule has 2 atom stereocenters. The lowest BCUT2D eigenvalue weighted by atomic mass is 9.49. The van der Waals surface area contributed by atoms with Gasteiger partial charge in [-0.05, 0) is 50.4 Å². The molecular weight excluding hydrogens is 364 g/mol. The van der Waals surface area contributed by atoms with Crippen molar-refractivity contribution in [3.8, 4) is 0 Å². The Hall–Kier alpha value is -1.11. The molecule has 3 amide bonds. The number of urea groups is 1. The van der Waals surface area contributed by atoms with E-state index in [2.05, 4.69) is 21.2 Å². The molecule has 4 aliphatic carbocycles. The third-order valence-corrected chi connectivity index (χ3v) is 6.84. The number of amides is 3. The largest absolute Gasteiger partial charge is 0.455 e. The van der Waals surface area contributed by atoms with E-state index < -0.39 is 17.4 Å². The average molecular weight is 385 g/mol. The Balaban J connectivity index is 1.41. The monoisotopic (exact) mass is 384 g/mol. The van der Waals surface area contributed by atoms with Gasteiger partial charge in [0.1, 0.15) is 0 Å². The number of halogens is 1. The second-order valence-corrected chi connectivity index (χ2v) is 9.43. The van der Waals surface area contributed by atoms with Gasteiger partial charge in [-0.2, -0.15) is 0 Å². The summed E-state index contributed by atoms with van der Waals surface area (Å²) in [6, 6.07) is -0.403. The number of ether oxygens (including phenoxy) is 1. The van der Waals surface area contributed by atoms with Gasteiger partial charge >= 0.3 is 12.0 Å². The molecule has 1 aliphatic heterocycles. The van der Waals surface area contributed by atoms with Gasteiger partial charge in [0.05, 0.1) is 5.41 Å². The molecule has 0 aromatic rings. The van der Waals surface area contributed by atoms with Gasteiger partial charge in [-0.1, -0.05) is 15.9 Å². The van der Waals surface area contributed by atoms with Gasteiger partial charge < -0.3 is 10.1 Å². The third-order valence-electron chi connectivity index (χ3n) is 5.91. The van der Waals surface area contributed by atoms with Crippen molar-refractivity contribution in [1.82, 2.24) is 10.2 Å². The lowest BCUT2D eigenvalue weighted by Crippen LogP contribution is -2.56. The lowest BCUT2D eigenvalue weighted by Gasteiger charge is -2.58. The molecular formula is C16H21BrN2O4. The normalized spacial score (nSPS) is 41.1. The van der Waals surface area contributed by atoms with Crippen LogP contribution in [0, 0.1) is 17.3 Å². The number of carbonyl (C=O) groups is 3. The number of nitrogens with one attached hydrogen (secondary N) is 1. The van der Waals surface area contributed by atoms with Crippen molar-refractivity contribution in [3.63, 3.8) is 0 Å².